The molecule has 0 unspecified atom stereocenters. The van der Waals surface area contributed by atoms with E-state index in [2.05, 4.69) is 10.3 Å². The predicted octanol–water partition coefficient (Wildman–Crippen LogP) is 3.63. The molecule has 2 heterocycles. The van der Waals surface area contributed by atoms with Gasteiger partial charge in [0.25, 0.3) is 5.56 Å². The molecule has 160 valence electrons. The summed E-state index contributed by atoms with van der Waals surface area (Å²) in [4.78, 5) is 39.3. The van der Waals surface area contributed by atoms with Crippen molar-refractivity contribution in [3.8, 4) is 5.75 Å². The molecule has 5 rings (SSSR count). The Morgan fingerprint density at radius 2 is 1.75 bits per heavy atom. The number of aryl methyl sites for hydroxylation is 1. The lowest BCUT2D eigenvalue weighted by Crippen LogP contribution is -2.31. The van der Waals surface area contributed by atoms with Crippen LogP contribution in [0.4, 0.5) is 5.69 Å². The maximum Gasteiger partial charge on any atom is 0.328 e. The zero-order valence-electron chi connectivity index (χ0n) is 17.2. The number of rotatable bonds is 5. The Balaban J connectivity index is 1.42. The van der Waals surface area contributed by atoms with Gasteiger partial charge in [-0.3, -0.25) is 19.1 Å². The number of fused-ring (bicyclic) bond motifs is 4. The minimum Gasteiger partial charge on any atom is -0.495 e. The molecule has 0 saturated heterocycles. The topological polar surface area (TPSA) is 106 Å². The van der Waals surface area contributed by atoms with Gasteiger partial charge in [-0.1, -0.05) is 30.3 Å². The van der Waals surface area contributed by atoms with E-state index in [1.807, 2.05) is 30.3 Å². The molecular formula is C24H19N3O5. The number of hydrogen-bond donors (Lipinski definition) is 2. The Hall–Kier alpha value is -4.33. The number of methoxy groups -OCH3 is 1. The number of anilines is 1. The third-order valence-electron chi connectivity index (χ3n) is 5.44. The van der Waals surface area contributed by atoms with Crippen LogP contribution in [0, 0.1) is 0 Å². The van der Waals surface area contributed by atoms with E-state index in [1.54, 1.807) is 30.3 Å². The molecule has 0 aliphatic heterocycles. The van der Waals surface area contributed by atoms with E-state index in [0.717, 1.165) is 16.4 Å². The molecule has 0 bridgehead atoms. The van der Waals surface area contributed by atoms with Gasteiger partial charge in [0.1, 0.15) is 16.9 Å². The third-order valence-corrected chi connectivity index (χ3v) is 5.44. The highest BCUT2D eigenvalue weighted by atomic mass is 16.5. The van der Waals surface area contributed by atoms with Crippen LogP contribution in [0.15, 0.2) is 74.7 Å². The lowest BCUT2D eigenvalue weighted by molar-refractivity contribution is -0.116. The summed E-state index contributed by atoms with van der Waals surface area (Å²) in [5, 5.41) is 5.08. The molecule has 1 amide bonds. The van der Waals surface area contributed by atoms with Crippen LogP contribution >= 0.6 is 0 Å². The SMILES string of the molecule is COc1cc2c(cc1NC(=O)CCn1c(=O)[nH]c(=O)c3ccccc31)oc1ccccc12. The number of nitrogens with zero attached hydrogens (tertiary/aromatic N) is 1. The van der Waals surface area contributed by atoms with Crippen molar-refractivity contribution in [3.63, 3.8) is 0 Å². The number of aromatic amines is 1. The van der Waals surface area contributed by atoms with Crippen LogP contribution in [0.5, 0.6) is 5.75 Å². The first kappa shape index (κ1) is 19.6. The second-order valence-electron chi connectivity index (χ2n) is 7.37. The monoisotopic (exact) mass is 429 g/mol. The number of amides is 1. The second-order valence-corrected chi connectivity index (χ2v) is 7.37. The standard InChI is InChI=1S/C24H19N3O5/c1-31-21-12-16-14-6-3-5-9-19(14)32-20(16)13-17(21)25-22(28)10-11-27-18-8-4-2-7-15(18)23(29)26-24(27)30/h2-9,12-13H,10-11H2,1H3,(H,25,28)(H,26,29,30). The predicted molar refractivity (Wildman–Crippen MR) is 122 cm³/mol. The van der Waals surface area contributed by atoms with E-state index in [0.29, 0.717) is 27.9 Å². The van der Waals surface area contributed by atoms with E-state index >= 15 is 0 Å². The summed E-state index contributed by atoms with van der Waals surface area (Å²) >= 11 is 0. The highest BCUT2D eigenvalue weighted by molar-refractivity contribution is 6.07. The van der Waals surface area contributed by atoms with Crippen LogP contribution in [-0.4, -0.2) is 22.6 Å². The quantitative estimate of drug-likeness (QED) is 0.444. The molecular weight excluding hydrogens is 410 g/mol. The molecule has 8 nitrogen and oxygen atoms in total. The Labute approximate surface area is 181 Å². The molecule has 0 saturated carbocycles. The third kappa shape index (κ3) is 3.31. The highest BCUT2D eigenvalue weighted by Crippen LogP contribution is 2.36. The van der Waals surface area contributed by atoms with Gasteiger partial charge in [0.15, 0.2) is 0 Å². The van der Waals surface area contributed by atoms with Crippen molar-refractivity contribution < 1.29 is 13.9 Å². The minimum absolute atomic E-state index is 0.0251. The largest absolute Gasteiger partial charge is 0.495 e. The lowest BCUT2D eigenvalue weighted by atomic mass is 10.1. The van der Waals surface area contributed by atoms with Crippen molar-refractivity contribution >= 4 is 44.4 Å². The minimum atomic E-state index is -0.553. The Morgan fingerprint density at radius 3 is 2.56 bits per heavy atom. The van der Waals surface area contributed by atoms with Crippen LogP contribution in [-0.2, 0) is 11.3 Å². The van der Waals surface area contributed by atoms with Crippen molar-refractivity contribution in [2.75, 3.05) is 12.4 Å². The molecule has 2 aromatic heterocycles. The average Bonchev–Trinajstić information content (AvgIpc) is 3.15. The maximum atomic E-state index is 12.7. The zero-order chi connectivity index (χ0) is 22.2. The number of nitrogens with one attached hydrogen (secondary N) is 2. The smallest absolute Gasteiger partial charge is 0.328 e. The van der Waals surface area contributed by atoms with Gasteiger partial charge in [-0.25, -0.2) is 4.79 Å². The zero-order valence-corrected chi connectivity index (χ0v) is 17.2. The van der Waals surface area contributed by atoms with E-state index in [1.165, 1.54) is 11.7 Å². The van der Waals surface area contributed by atoms with Crippen LogP contribution in [0.1, 0.15) is 6.42 Å². The molecule has 2 N–H and O–H groups in total. The van der Waals surface area contributed by atoms with Gasteiger partial charge in [0.05, 0.1) is 23.7 Å². The number of para-hydroxylation sites is 2. The van der Waals surface area contributed by atoms with E-state index in [-0.39, 0.29) is 18.9 Å². The van der Waals surface area contributed by atoms with E-state index in [4.69, 9.17) is 9.15 Å². The van der Waals surface area contributed by atoms with Crippen molar-refractivity contribution in [3.05, 3.63) is 81.5 Å². The Morgan fingerprint density at radius 1 is 1.00 bits per heavy atom. The van der Waals surface area contributed by atoms with Gasteiger partial charge in [0.2, 0.25) is 5.91 Å². The van der Waals surface area contributed by atoms with E-state index in [9.17, 15) is 14.4 Å². The number of aromatic nitrogens is 2. The normalized spacial score (nSPS) is 11.3. The van der Waals surface area contributed by atoms with Crippen molar-refractivity contribution in [2.45, 2.75) is 13.0 Å². The number of furan rings is 1. The summed E-state index contributed by atoms with van der Waals surface area (Å²) in [6, 6.07) is 18.0. The molecule has 5 aromatic rings. The number of H-pyrrole nitrogens is 1. The van der Waals surface area contributed by atoms with Gasteiger partial charge in [-0.15, -0.1) is 0 Å². The van der Waals surface area contributed by atoms with Gasteiger partial charge in [0, 0.05) is 29.8 Å². The van der Waals surface area contributed by atoms with Crippen molar-refractivity contribution in [1.29, 1.82) is 0 Å². The van der Waals surface area contributed by atoms with Gasteiger partial charge < -0.3 is 14.5 Å². The Kier molecular flexibility index (Phi) is 4.74. The fraction of sp³-hybridized carbons (Fsp3) is 0.125. The summed E-state index contributed by atoms with van der Waals surface area (Å²) in [5.41, 5.74) is 1.33. The van der Waals surface area contributed by atoms with Gasteiger partial charge >= 0.3 is 5.69 Å². The first-order chi connectivity index (χ1) is 15.5. The summed E-state index contributed by atoms with van der Waals surface area (Å²) in [5.74, 6) is 0.199. The van der Waals surface area contributed by atoms with Gasteiger partial charge in [-0.05, 0) is 24.3 Å². The molecule has 0 radical (unpaired) electrons. The van der Waals surface area contributed by atoms with Crippen LogP contribution in [0.3, 0.4) is 0 Å². The Bertz CT molecular complexity index is 1610. The fourth-order valence-electron chi connectivity index (χ4n) is 3.91. The average molecular weight is 429 g/mol. The molecule has 3 aromatic carbocycles. The van der Waals surface area contributed by atoms with Crippen LogP contribution < -0.4 is 21.3 Å². The summed E-state index contributed by atoms with van der Waals surface area (Å²) < 4.78 is 12.8. The molecule has 0 aliphatic rings. The molecule has 0 atom stereocenters. The van der Waals surface area contributed by atoms with Gasteiger partial charge in [-0.2, -0.15) is 0 Å². The summed E-state index contributed by atoms with van der Waals surface area (Å²) in [7, 11) is 1.53. The molecule has 32 heavy (non-hydrogen) atoms. The lowest BCUT2D eigenvalue weighted by Gasteiger charge is -2.12. The molecule has 8 heteroatoms. The number of benzene rings is 3. The fourth-order valence-corrected chi connectivity index (χ4v) is 3.91. The number of carbonyl (C=O) groups excluding carboxylic acids is 1. The highest BCUT2D eigenvalue weighted by Gasteiger charge is 2.15. The van der Waals surface area contributed by atoms with E-state index < -0.39 is 11.2 Å². The first-order valence-electron chi connectivity index (χ1n) is 10.1. The van der Waals surface area contributed by atoms with Crippen molar-refractivity contribution in [2.24, 2.45) is 0 Å². The molecule has 0 spiro atoms. The first-order valence-corrected chi connectivity index (χ1v) is 10.1. The number of ether oxygens (including phenoxy) is 1. The second kappa shape index (κ2) is 7.73. The van der Waals surface area contributed by atoms with Crippen molar-refractivity contribution in [1.82, 2.24) is 9.55 Å². The number of carbonyl (C=O) groups is 1. The summed E-state index contributed by atoms with van der Waals surface area (Å²) in [6.07, 6.45) is 0.0251. The summed E-state index contributed by atoms with van der Waals surface area (Å²) in [6.45, 7) is 0.108. The maximum absolute atomic E-state index is 12.7. The van der Waals surface area contributed by atoms with Crippen LogP contribution in [0.2, 0.25) is 0 Å². The molecule has 0 aliphatic carbocycles. The van der Waals surface area contributed by atoms with Crippen LogP contribution in [0.25, 0.3) is 32.8 Å². The molecule has 0 fully saturated rings. The number of hydrogen-bond acceptors (Lipinski definition) is 5.